The predicted molar refractivity (Wildman–Crippen MR) is 79.9 cm³/mol. The summed E-state index contributed by atoms with van der Waals surface area (Å²) in [6.07, 6.45) is 1.71. The molecule has 114 valence electrons. The van der Waals surface area contributed by atoms with Gasteiger partial charge in [0, 0.05) is 17.3 Å². The number of thiazole rings is 1. The van der Waals surface area contributed by atoms with E-state index in [-0.39, 0.29) is 11.4 Å². The third-order valence-electron chi connectivity index (χ3n) is 3.12. The van der Waals surface area contributed by atoms with Gasteiger partial charge in [-0.1, -0.05) is 20.8 Å². The number of urea groups is 1. The lowest BCUT2D eigenvalue weighted by atomic mass is 9.98. The van der Waals surface area contributed by atoms with Crippen LogP contribution in [0, 0.1) is 0 Å². The number of nitrogens with one attached hydrogen (secondary N) is 2. The van der Waals surface area contributed by atoms with E-state index in [0.717, 1.165) is 9.88 Å². The molecule has 0 unspecified atom stereocenters. The lowest BCUT2D eigenvalue weighted by Crippen LogP contribution is -2.45. The molecule has 0 saturated heterocycles. The predicted octanol–water partition coefficient (Wildman–Crippen LogP) is 2.24. The first-order valence-electron chi connectivity index (χ1n) is 6.57. The number of hydrogen-bond acceptors (Lipinski definition) is 5. The highest BCUT2D eigenvalue weighted by atomic mass is 32.1. The average molecular weight is 309 g/mol. The number of carbonyl (C=O) groups is 2. The second-order valence-corrected chi connectivity index (χ2v) is 6.94. The first-order chi connectivity index (χ1) is 9.74. The van der Waals surface area contributed by atoms with Crippen LogP contribution in [0.15, 0.2) is 17.5 Å². The van der Waals surface area contributed by atoms with Gasteiger partial charge < -0.3 is 15.4 Å². The highest BCUT2D eigenvalue weighted by molar-refractivity contribution is 7.11. The van der Waals surface area contributed by atoms with Crippen LogP contribution in [-0.4, -0.2) is 24.1 Å². The molecule has 2 amide bonds. The molecule has 1 aliphatic heterocycles. The third-order valence-corrected chi connectivity index (χ3v) is 4.61. The van der Waals surface area contributed by atoms with Gasteiger partial charge in [-0.25, -0.2) is 14.6 Å². The molecular weight excluding hydrogens is 290 g/mol. The van der Waals surface area contributed by atoms with Crippen LogP contribution in [0.3, 0.4) is 0 Å². The Morgan fingerprint density at radius 2 is 2.10 bits per heavy atom. The van der Waals surface area contributed by atoms with E-state index in [1.54, 1.807) is 13.1 Å². The summed E-state index contributed by atoms with van der Waals surface area (Å²) in [4.78, 5) is 28.9. The molecule has 0 aromatic carbocycles. The zero-order valence-electron chi connectivity index (χ0n) is 12.7. The van der Waals surface area contributed by atoms with Gasteiger partial charge in [-0.05, 0) is 6.92 Å². The average Bonchev–Trinajstić information content (AvgIpc) is 2.86. The van der Waals surface area contributed by atoms with Crippen LogP contribution in [0.2, 0.25) is 0 Å². The largest absolute Gasteiger partial charge is 0.466 e. The highest BCUT2D eigenvalue weighted by Crippen LogP contribution is 2.34. The molecule has 1 aromatic rings. The van der Waals surface area contributed by atoms with Crippen LogP contribution in [0.25, 0.3) is 0 Å². The van der Waals surface area contributed by atoms with Gasteiger partial charge in [0.05, 0.1) is 22.6 Å². The minimum atomic E-state index is -0.528. The number of amides is 2. The van der Waals surface area contributed by atoms with Gasteiger partial charge in [0.15, 0.2) is 0 Å². The molecule has 1 aromatic heterocycles. The first kappa shape index (κ1) is 15.5. The Bertz CT molecular complexity index is 613. The van der Waals surface area contributed by atoms with Crippen molar-refractivity contribution in [2.75, 3.05) is 7.11 Å². The lowest BCUT2D eigenvalue weighted by Gasteiger charge is -2.26. The molecule has 7 heteroatoms. The van der Waals surface area contributed by atoms with E-state index < -0.39 is 12.0 Å². The molecule has 0 spiro atoms. The van der Waals surface area contributed by atoms with E-state index in [1.165, 1.54) is 18.4 Å². The molecule has 21 heavy (non-hydrogen) atoms. The number of esters is 1. The van der Waals surface area contributed by atoms with E-state index >= 15 is 0 Å². The number of allylic oxidation sites excluding steroid dienone is 1. The van der Waals surface area contributed by atoms with Crippen molar-refractivity contribution in [3.63, 3.8) is 0 Å². The fourth-order valence-electron chi connectivity index (χ4n) is 2.05. The number of rotatable bonds is 2. The van der Waals surface area contributed by atoms with Crippen molar-refractivity contribution < 1.29 is 14.3 Å². The van der Waals surface area contributed by atoms with Gasteiger partial charge in [-0.3, -0.25) is 0 Å². The molecule has 2 N–H and O–H groups in total. The third kappa shape index (κ3) is 3.07. The van der Waals surface area contributed by atoms with E-state index in [0.29, 0.717) is 11.3 Å². The van der Waals surface area contributed by atoms with Crippen molar-refractivity contribution in [3.05, 3.63) is 27.4 Å². The van der Waals surface area contributed by atoms with Crippen molar-refractivity contribution in [1.29, 1.82) is 0 Å². The Hall–Kier alpha value is -1.89. The van der Waals surface area contributed by atoms with Gasteiger partial charge >= 0.3 is 12.0 Å². The Morgan fingerprint density at radius 3 is 2.62 bits per heavy atom. The van der Waals surface area contributed by atoms with Gasteiger partial charge in [-0.15, -0.1) is 11.3 Å². The van der Waals surface area contributed by atoms with Crippen molar-refractivity contribution in [2.24, 2.45) is 0 Å². The number of methoxy groups -OCH3 is 1. The number of nitrogens with zero attached hydrogens (tertiary/aromatic N) is 1. The molecule has 1 atom stereocenters. The molecule has 1 aliphatic rings. The Balaban J connectivity index is 2.44. The number of carbonyl (C=O) groups excluding carboxylic acids is 2. The normalized spacial score (nSPS) is 19.1. The van der Waals surface area contributed by atoms with Gasteiger partial charge in [0.25, 0.3) is 0 Å². The van der Waals surface area contributed by atoms with Crippen LogP contribution in [0.1, 0.15) is 43.6 Å². The van der Waals surface area contributed by atoms with E-state index in [9.17, 15) is 9.59 Å². The summed E-state index contributed by atoms with van der Waals surface area (Å²) in [5.41, 5.74) is 0.826. The van der Waals surface area contributed by atoms with E-state index in [4.69, 9.17) is 4.74 Å². The SMILES string of the molecule is COC(=O)C1=C(C)NC(=O)N[C@@H]1c1cnc(C(C)(C)C)s1. The number of hydrogen-bond donors (Lipinski definition) is 2. The molecule has 2 heterocycles. The quantitative estimate of drug-likeness (QED) is 0.821. The summed E-state index contributed by atoms with van der Waals surface area (Å²) in [6.45, 7) is 7.89. The maximum atomic E-state index is 12.0. The van der Waals surface area contributed by atoms with Crippen LogP contribution in [-0.2, 0) is 14.9 Å². The fourth-order valence-corrected chi connectivity index (χ4v) is 3.09. The number of ether oxygens (including phenoxy) is 1. The summed E-state index contributed by atoms with van der Waals surface area (Å²) in [6, 6.07) is -0.865. The van der Waals surface area contributed by atoms with Crippen molar-refractivity contribution >= 4 is 23.3 Å². The summed E-state index contributed by atoms with van der Waals surface area (Å²) in [5.74, 6) is -0.462. The van der Waals surface area contributed by atoms with Crippen LogP contribution in [0.5, 0.6) is 0 Å². The summed E-state index contributed by atoms with van der Waals surface area (Å²) in [5, 5.41) is 6.30. The summed E-state index contributed by atoms with van der Waals surface area (Å²) in [7, 11) is 1.32. The highest BCUT2D eigenvalue weighted by Gasteiger charge is 2.33. The molecule has 6 nitrogen and oxygen atoms in total. The van der Waals surface area contributed by atoms with Crippen molar-refractivity contribution in [2.45, 2.75) is 39.2 Å². The Kier molecular flexibility index (Phi) is 4.04. The van der Waals surface area contributed by atoms with E-state index in [2.05, 4.69) is 36.4 Å². The smallest absolute Gasteiger partial charge is 0.338 e. The molecular formula is C14H19N3O3S. The Morgan fingerprint density at radius 1 is 1.43 bits per heavy atom. The summed E-state index contributed by atoms with van der Waals surface area (Å²) < 4.78 is 4.82. The minimum absolute atomic E-state index is 0.0793. The molecule has 0 fully saturated rings. The fraction of sp³-hybridized carbons (Fsp3) is 0.500. The van der Waals surface area contributed by atoms with Crippen molar-refractivity contribution in [3.8, 4) is 0 Å². The maximum absolute atomic E-state index is 12.0. The lowest BCUT2D eigenvalue weighted by molar-refractivity contribution is -0.136. The maximum Gasteiger partial charge on any atom is 0.338 e. The number of aromatic nitrogens is 1. The molecule has 0 saturated carbocycles. The standard InChI is InChI=1S/C14H19N3O3S/c1-7-9(11(18)20-5)10(17-13(19)16-7)8-6-15-12(21-8)14(2,3)4/h6,10H,1-5H3,(H2,16,17,19)/t10-/m1/s1. The molecule has 0 radical (unpaired) electrons. The Labute approximate surface area is 127 Å². The van der Waals surface area contributed by atoms with Gasteiger partial charge in [-0.2, -0.15) is 0 Å². The van der Waals surface area contributed by atoms with Crippen LogP contribution >= 0.6 is 11.3 Å². The minimum Gasteiger partial charge on any atom is -0.466 e. The zero-order chi connectivity index (χ0) is 15.8. The second-order valence-electron chi connectivity index (χ2n) is 5.88. The van der Waals surface area contributed by atoms with E-state index in [1.807, 2.05) is 0 Å². The monoisotopic (exact) mass is 309 g/mol. The topological polar surface area (TPSA) is 80.3 Å². The van der Waals surface area contributed by atoms with Gasteiger partial charge in [0.2, 0.25) is 0 Å². The summed E-state index contributed by atoms with van der Waals surface area (Å²) >= 11 is 1.49. The van der Waals surface area contributed by atoms with Crippen LogP contribution in [0.4, 0.5) is 4.79 Å². The first-order valence-corrected chi connectivity index (χ1v) is 7.38. The van der Waals surface area contributed by atoms with Gasteiger partial charge in [0.1, 0.15) is 6.04 Å². The molecule has 0 aliphatic carbocycles. The van der Waals surface area contributed by atoms with Crippen LogP contribution < -0.4 is 10.6 Å². The van der Waals surface area contributed by atoms with Crippen molar-refractivity contribution in [1.82, 2.24) is 15.6 Å². The second kappa shape index (κ2) is 5.48. The molecule has 0 bridgehead atoms. The zero-order valence-corrected chi connectivity index (χ0v) is 13.6. The molecule has 2 rings (SSSR count).